The van der Waals surface area contributed by atoms with Crippen LogP contribution in [-0.4, -0.2) is 24.3 Å². The summed E-state index contributed by atoms with van der Waals surface area (Å²) in [6, 6.07) is 22.6. The average molecular weight is 396 g/mol. The minimum absolute atomic E-state index is 0.196. The van der Waals surface area contributed by atoms with Crippen molar-refractivity contribution >= 4 is 15.8 Å². The second-order valence-corrected chi connectivity index (χ2v) is 8.49. The summed E-state index contributed by atoms with van der Waals surface area (Å²) < 4.78 is 28.2. The number of sulfonamides is 1. The van der Waals surface area contributed by atoms with E-state index in [1.54, 1.807) is 12.1 Å². The van der Waals surface area contributed by atoms with Crippen LogP contribution in [-0.2, 0) is 23.1 Å². The van der Waals surface area contributed by atoms with E-state index in [0.29, 0.717) is 18.9 Å². The van der Waals surface area contributed by atoms with Gasteiger partial charge in [0.05, 0.1) is 0 Å². The Hall–Kier alpha value is -2.70. The molecule has 0 aliphatic carbocycles. The maximum absolute atomic E-state index is 13.3. The third kappa shape index (κ3) is 5.18. The van der Waals surface area contributed by atoms with Crippen LogP contribution < -0.4 is 5.32 Å². The molecule has 0 atom stereocenters. The lowest BCUT2D eigenvalue weighted by atomic mass is 10.2. The summed E-state index contributed by atoms with van der Waals surface area (Å²) in [4.78, 5) is 4.46. The molecule has 0 amide bonds. The van der Waals surface area contributed by atoms with Gasteiger partial charge in [0.2, 0.25) is 10.0 Å². The lowest BCUT2D eigenvalue weighted by Crippen LogP contribution is -2.30. The maximum Gasteiger partial charge on any atom is 0.245 e. The van der Waals surface area contributed by atoms with Gasteiger partial charge in [0.1, 0.15) is 10.7 Å². The number of hydrogen-bond donors (Lipinski definition) is 1. The largest absolute Gasteiger partial charge is 0.370 e. The van der Waals surface area contributed by atoms with Gasteiger partial charge in [-0.2, -0.15) is 4.31 Å². The third-order valence-corrected chi connectivity index (χ3v) is 6.11. The lowest BCUT2D eigenvalue weighted by molar-refractivity contribution is 0.401. The van der Waals surface area contributed by atoms with Crippen LogP contribution in [0.1, 0.15) is 24.5 Å². The first kappa shape index (κ1) is 20.0. The summed E-state index contributed by atoms with van der Waals surface area (Å²) in [6.07, 6.45) is 2.40. The van der Waals surface area contributed by atoms with Crippen LogP contribution in [0.25, 0.3) is 0 Å². The Kier molecular flexibility index (Phi) is 6.79. The van der Waals surface area contributed by atoms with Crippen molar-refractivity contribution in [2.45, 2.75) is 31.3 Å². The Morgan fingerprint density at radius 2 is 1.43 bits per heavy atom. The van der Waals surface area contributed by atoms with Crippen molar-refractivity contribution in [1.29, 1.82) is 0 Å². The molecule has 0 fully saturated rings. The van der Waals surface area contributed by atoms with Gasteiger partial charge in [-0.1, -0.05) is 67.6 Å². The normalized spacial score (nSPS) is 11.5. The van der Waals surface area contributed by atoms with Crippen LogP contribution in [0.5, 0.6) is 0 Å². The molecule has 0 aliphatic rings. The summed E-state index contributed by atoms with van der Waals surface area (Å²) >= 11 is 0. The molecule has 0 unspecified atom stereocenters. The van der Waals surface area contributed by atoms with E-state index in [9.17, 15) is 8.42 Å². The Balaban J connectivity index is 1.88. The fourth-order valence-corrected chi connectivity index (χ4v) is 4.20. The fraction of sp³-hybridized carbons (Fsp3) is 0.227. The molecule has 0 spiro atoms. The molecule has 5 nitrogen and oxygen atoms in total. The van der Waals surface area contributed by atoms with Crippen molar-refractivity contribution in [3.05, 3.63) is 90.1 Å². The predicted octanol–water partition coefficient (Wildman–Crippen LogP) is 4.29. The number of aromatic nitrogens is 1. The standard InChI is InChI=1S/C22H25N3O2S/c1-2-15-23-22-14-13-21(16-24-22)28(26,27)25(17-19-9-5-3-6-10-19)18-20-11-7-4-8-12-20/h3-14,16H,2,15,17-18H2,1H3,(H,23,24). The first-order valence-corrected chi connectivity index (χ1v) is 10.8. The molecule has 146 valence electrons. The van der Waals surface area contributed by atoms with Gasteiger partial charge in [-0.25, -0.2) is 13.4 Å². The van der Waals surface area contributed by atoms with Gasteiger partial charge in [0, 0.05) is 25.8 Å². The van der Waals surface area contributed by atoms with E-state index in [1.165, 1.54) is 10.5 Å². The maximum atomic E-state index is 13.3. The fourth-order valence-electron chi connectivity index (χ4n) is 2.84. The molecule has 0 radical (unpaired) electrons. The van der Waals surface area contributed by atoms with E-state index in [2.05, 4.69) is 17.2 Å². The molecule has 3 rings (SSSR count). The molecule has 1 aromatic heterocycles. The van der Waals surface area contributed by atoms with E-state index in [0.717, 1.165) is 24.1 Å². The summed E-state index contributed by atoms with van der Waals surface area (Å²) in [5.74, 6) is 0.679. The van der Waals surface area contributed by atoms with Gasteiger partial charge in [-0.15, -0.1) is 0 Å². The van der Waals surface area contributed by atoms with E-state index in [4.69, 9.17) is 0 Å². The Bertz CT molecular complexity index is 918. The number of benzene rings is 2. The average Bonchev–Trinajstić information content (AvgIpc) is 2.73. The lowest BCUT2D eigenvalue weighted by Gasteiger charge is -2.22. The van der Waals surface area contributed by atoms with Crippen LogP contribution in [0.15, 0.2) is 83.9 Å². The van der Waals surface area contributed by atoms with Crippen molar-refractivity contribution in [3.8, 4) is 0 Å². The second-order valence-electron chi connectivity index (χ2n) is 6.55. The number of nitrogens with zero attached hydrogens (tertiary/aromatic N) is 2. The van der Waals surface area contributed by atoms with Crippen LogP contribution in [0, 0.1) is 0 Å². The van der Waals surface area contributed by atoms with Crippen molar-refractivity contribution < 1.29 is 8.42 Å². The highest BCUT2D eigenvalue weighted by Gasteiger charge is 2.25. The molecule has 0 saturated heterocycles. The van der Waals surface area contributed by atoms with Crippen LogP contribution >= 0.6 is 0 Å². The van der Waals surface area contributed by atoms with Gasteiger partial charge < -0.3 is 5.32 Å². The highest BCUT2D eigenvalue weighted by Crippen LogP contribution is 2.21. The number of rotatable bonds is 9. The van der Waals surface area contributed by atoms with Gasteiger partial charge in [0.25, 0.3) is 0 Å². The number of pyridine rings is 1. The van der Waals surface area contributed by atoms with Gasteiger partial charge >= 0.3 is 0 Å². The summed E-state index contributed by atoms with van der Waals surface area (Å²) in [6.45, 7) is 3.46. The molecule has 6 heteroatoms. The predicted molar refractivity (Wildman–Crippen MR) is 112 cm³/mol. The van der Waals surface area contributed by atoms with Gasteiger partial charge in [-0.3, -0.25) is 0 Å². The van der Waals surface area contributed by atoms with E-state index >= 15 is 0 Å². The Labute approximate surface area is 167 Å². The smallest absolute Gasteiger partial charge is 0.245 e. The van der Waals surface area contributed by atoms with Crippen LogP contribution in [0.4, 0.5) is 5.82 Å². The topological polar surface area (TPSA) is 62.3 Å². The first-order chi connectivity index (χ1) is 13.6. The molecule has 3 aromatic rings. The molecule has 0 saturated carbocycles. The summed E-state index contributed by atoms with van der Waals surface area (Å²) in [7, 11) is -3.69. The summed E-state index contributed by atoms with van der Waals surface area (Å²) in [5, 5.41) is 3.16. The van der Waals surface area contributed by atoms with Crippen molar-refractivity contribution in [2.24, 2.45) is 0 Å². The molecular weight excluding hydrogens is 370 g/mol. The quantitative estimate of drug-likeness (QED) is 0.587. The zero-order chi connectivity index (χ0) is 19.8. The van der Waals surface area contributed by atoms with E-state index in [1.807, 2.05) is 60.7 Å². The van der Waals surface area contributed by atoms with Crippen molar-refractivity contribution in [2.75, 3.05) is 11.9 Å². The molecule has 0 aliphatic heterocycles. The molecule has 1 heterocycles. The SMILES string of the molecule is CCCNc1ccc(S(=O)(=O)N(Cc2ccccc2)Cc2ccccc2)cn1. The third-order valence-electron chi connectivity index (χ3n) is 4.33. The minimum atomic E-state index is -3.69. The highest BCUT2D eigenvalue weighted by atomic mass is 32.2. The Morgan fingerprint density at radius 1 is 0.857 bits per heavy atom. The minimum Gasteiger partial charge on any atom is -0.370 e. The zero-order valence-electron chi connectivity index (χ0n) is 16.0. The van der Waals surface area contributed by atoms with Crippen LogP contribution in [0.2, 0.25) is 0 Å². The number of nitrogens with one attached hydrogen (secondary N) is 1. The van der Waals surface area contributed by atoms with Gasteiger partial charge in [-0.05, 0) is 29.7 Å². The molecule has 1 N–H and O–H groups in total. The number of anilines is 1. The highest BCUT2D eigenvalue weighted by molar-refractivity contribution is 7.89. The second kappa shape index (κ2) is 9.48. The van der Waals surface area contributed by atoms with Gasteiger partial charge in [0.15, 0.2) is 0 Å². The Morgan fingerprint density at radius 3 is 1.89 bits per heavy atom. The van der Waals surface area contributed by atoms with Crippen molar-refractivity contribution in [3.63, 3.8) is 0 Å². The summed E-state index contributed by atoms with van der Waals surface area (Å²) in [5.41, 5.74) is 1.88. The molecular formula is C22H25N3O2S. The molecule has 28 heavy (non-hydrogen) atoms. The van der Waals surface area contributed by atoms with Crippen molar-refractivity contribution in [1.82, 2.24) is 9.29 Å². The van der Waals surface area contributed by atoms with E-state index in [-0.39, 0.29) is 4.90 Å². The zero-order valence-corrected chi connectivity index (χ0v) is 16.8. The van der Waals surface area contributed by atoms with E-state index < -0.39 is 10.0 Å². The monoisotopic (exact) mass is 395 g/mol. The van der Waals surface area contributed by atoms with Crippen LogP contribution in [0.3, 0.4) is 0 Å². The molecule has 0 bridgehead atoms. The molecule has 2 aromatic carbocycles. The first-order valence-electron chi connectivity index (χ1n) is 9.37. The number of hydrogen-bond acceptors (Lipinski definition) is 4.